The Kier molecular flexibility index (Phi) is 7.97. The average molecular weight is 250 g/mol. The Balaban J connectivity index is 0.00000169. The Hall–Kier alpha value is 0.460. The van der Waals surface area contributed by atoms with Gasteiger partial charge >= 0.3 is 0 Å². The molecule has 0 aromatic rings. The smallest absolute Gasteiger partial charge is 0.214 e. The van der Waals surface area contributed by atoms with Gasteiger partial charge in [0.15, 0.2) is 0 Å². The standard InChI is InChI=1S/C9H14OS3.CH4/c1-7(2)9(10)13-6-8-11-4-3-5-12-8;/h8H,1,3-6H2,2H3;1H4. The van der Waals surface area contributed by atoms with Crippen LogP contribution in [0.2, 0.25) is 0 Å². The molecule has 0 radical (unpaired) electrons. The van der Waals surface area contributed by atoms with Crippen LogP contribution in [0.5, 0.6) is 0 Å². The number of carbonyl (C=O) groups excluding carboxylic acids is 1. The summed E-state index contributed by atoms with van der Waals surface area (Å²) in [5.41, 5.74) is 0.663. The lowest BCUT2D eigenvalue weighted by molar-refractivity contribution is -0.107. The Morgan fingerprint density at radius 1 is 1.50 bits per heavy atom. The van der Waals surface area contributed by atoms with Gasteiger partial charge in [0.05, 0.1) is 4.58 Å². The number of rotatable bonds is 3. The van der Waals surface area contributed by atoms with Crippen LogP contribution in [0.3, 0.4) is 0 Å². The minimum Gasteiger partial charge on any atom is -0.282 e. The highest BCUT2D eigenvalue weighted by atomic mass is 32.2. The molecule has 0 unspecified atom stereocenters. The third kappa shape index (κ3) is 5.37. The first-order valence-electron chi connectivity index (χ1n) is 4.26. The Morgan fingerprint density at radius 3 is 2.57 bits per heavy atom. The van der Waals surface area contributed by atoms with Crippen LogP contribution in [0.25, 0.3) is 0 Å². The first-order chi connectivity index (χ1) is 6.20. The van der Waals surface area contributed by atoms with Crippen molar-refractivity contribution in [1.29, 1.82) is 0 Å². The van der Waals surface area contributed by atoms with E-state index >= 15 is 0 Å². The summed E-state index contributed by atoms with van der Waals surface area (Å²) >= 11 is 5.37. The summed E-state index contributed by atoms with van der Waals surface area (Å²) in [4.78, 5) is 11.2. The van der Waals surface area contributed by atoms with Crippen LogP contribution in [0.4, 0.5) is 0 Å². The first kappa shape index (κ1) is 14.5. The molecular weight excluding hydrogens is 232 g/mol. The molecule has 0 aliphatic carbocycles. The molecule has 1 heterocycles. The molecule has 14 heavy (non-hydrogen) atoms. The van der Waals surface area contributed by atoms with Gasteiger partial charge in [-0.25, -0.2) is 0 Å². The van der Waals surface area contributed by atoms with Gasteiger partial charge in [-0.2, -0.15) is 0 Å². The fourth-order valence-corrected chi connectivity index (χ4v) is 4.90. The molecule has 0 aromatic heterocycles. The van der Waals surface area contributed by atoms with Gasteiger partial charge < -0.3 is 0 Å². The summed E-state index contributed by atoms with van der Waals surface area (Å²) < 4.78 is 0.613. The van der Waals surface area contributed by atoms with Gasteiger partial charge in [0.2, 0.25) is 5.12 Å². The zero-order valence-corrected chi connectivity index (χ0v) is 10.2. The van der Waals surface area contributed by atoms with E-state index in [1.807, 2.05) is 23.5 Å². The highest BCUT2D eigenvalue weighted by molar-refractivity contribution is 8.20. The Bertz CT molecular complexity index is 198. The summed E-state index contributed by atoms with van der Waals surface area (Å²) in [6.07, 6.45) is 1.31. The molecule has 1 aliphatic rings. The van der Waals surface area contributed by atoms with E-state index in [0.29, 0.717) is 10.2 Å². The number of hydrogen-bond acceptors (Lipinski definition) is 4. The third-order valence-corrected chi connectivity index (χ3v) is 6.07. The molecule has 0 atom stereocenters. The van der Waals surface area contributed by atoms with Crippen molar-refractivity contribution in [2.24, 2.45) is 0 Å². The van der Waals surface area contributed by atoms with Crippen molar-refractivity contribution in [2.45, 2.75) is 25.4 Å². The topological polar surface area (TPSA) is 17.1 Å². The first-order valence-corrected chi connectivity index (χ1v) is 7.34. The summed E-state index contributed by atoms with van der Waals surface area (Å²) in [6, 6.07) is 0. The maximum absolute atomic E-state index is 11.2. The van der Waals surface area contributed by atoms with Gasteiger partial charge in [-0.3, -0.25) is 4.79 Å². The molecular formula is C10H18OS3. The van der Waals surface area contributed by atoms with Crippen molar-refractivity contribution in [3.63, 3.8) is 0 Å². The fraction of sp³-hybridized carbons (Fsp3) is 0.700. The zero-order valence-electron chi connectivity index (χ0n) is 7.75. The number of carbonyl (C=O) groups is 1. The van der Waals surface area contributed by atoms with Gasteiger partial charge in [0, 0.05) is 5.75 Å². The minimum atomic E-state index is 0. The van der Waals surface area contributed by atoms with Crippen molar-refractivity contribution < 1.29 is 4.79 Å². The SMILES string of the molecule is C.C=C(C)C(=O)SCC1SCCCS1. The maximum Gasteiger partial charge on any atom is 0.214 e. The maximum atomic E-state index is 11.2. The van der Waals surface area contributed by atoms with E-state index < -0.39 is 0 Å². The summed E-state index contributed by atoms with van der Waals surface area (Å²) in [5, 5.41) is 0.145. The summed E-state index contributed by atoms with van der Waals surface area (Å²) in [5.74, 6) is 3.43. The largest absolute Gasteiger partial charge is 0.282 e. The van der Waals surface area contributed by atoms with E-state index in [0.717, 1.165) is 5.75 Å². The molecule has 0 spiro atoms. The number of hydrogen-bond donors (Lipinski definition) is 0. The van der Waals surface area contributed by atoms with Gasteiger partial charge in [0.25, 0.3) is 0 Å². The van der Waals surface area contributed by atoms with Crippen LogP contribution in [0.1, 0.15) is 20.8 Å². The summed E-state index contributed by atoms with van der Waals surface area (Å²) in [6.45, 7) is 5.41. The third-order valence-electron chi connectivity index (χ3n) is 1.60. The van der Waals surface area contributed by atoms with Crippen molar-refractivity contribution in [1.82, 2.24) is 0 Å². The predicted octanol–water partition coefficient (Wildman–Crippen LogP) is 3.65. The quantitative estimate of drug-likeness (QED) is 0.711. The molecule has 0 N–H and O–H groups in total. The van der Waals surface area contributed by atoms with E-state index in [-0.39, 0.29) is 12.5 Å². The minimum absolute atomic E-state index is 0. The Morgan fingerprint density at radius 2 is 2.07 bits per heavy atom. The second-order valence-electron chi connectivity index (χ2n) is 2.90. The van der Waals surface area contributed by atoms with Gasteiger partial charge in [-0.15, -0.1) is 23.5 Å². The van der Waals surface area contributed by atoms with Gasteiger partial charge in [-0.1, -0.05) is 25.8 Å². The van der Waals surface area contributed by atoms with Crippen molar-refractivity contribution in [3.8, 4) is 0 Å². The molecule has 1 rings (SSSR count). The van der Waals surface area contributed by atoms with Gasteiger partial charge in [0.1, 0.15) is 0 Å². The monoisotopic (exact) mass is 250 g/mol. The van der Waals surface area contributed by atoms with Crippen molar-refractivity contribution in [2.75, 3.05) is 17.3 Å². The fourth-order valence-electron chi connectivity index (χ4n) is 0.900. The van der Waals surface area contributed by atoms with Gasteiger partial charge in [-0.05, 0) is 30.4 Å². The second-order valence-corrected chi connectivity index (χ2v) is 6.82. The summed E-state index contributed by atoms with van der Waals surface area (Å²) in [7, 11) is 0. The lowest BCUT2D eigenvalue weighted by Crippen LogP contribution is -2.10. The lowest BCUT2D eigenvalue weighted by atomic mass is 10.4. The molecule has 0 bridgehead atoms. The van der Waals surface area contributed by atoms with Crippen LogP contribution < -0.4 is 0 Å². The molecule has 1 aliphatic heterocycles. The van der Waals surface area contributed by atoms with Crippen LogP contribution in [-0.4, -0.2) is 27.0 Å². The molecule has 0 saturated carbocycles. The molecule has 82 valence electrons. The molecule has 1 saturated heterocycles. The lowest BCUT2D eigenvalue weighted by Gasteiger charge is -2.19. The number of thioether (sulfide) groups is 3. The van der Waals surface area contributed by atoms with Crippen LogP contribution in [0.15, 0.2) is 12.2 Å². The zero-order chi connectivity index (χ0) is 9.68. The van der Waals surface area contributed by atoms with E-state index in [4.69, 9.17) is 0 Å². The second kappa shape index (κ2) is 7.71. The molecule has 4 heteroatoms. The van der Waals surface area contributed by atoms with Crippen molar-refractivity contribution in [3.05, 3.63) is 12.2 Å². The van der Waals surface area contributed by atoms with E-state index in [1.54, 1.807) is 6.92 Å². The predicted molar refractivity (Wildman–Crippen MR) is 72.3 cm³/mol. The molecule has 0 aromatic carbocycles. The van der Waals surface area contributed by atoms with Crippen LogP contribution in [-0.2, 0) is 4.79 Å². The highest BCUT2D eigenvalue weighted by Crippen LogP contribution is 2.33. The van der Waals surface area contributed by atoms with E-state index in [1.165, 1.54) is 29.7 Å². The van der Waals surface area contributed by atoms with E-state index in [9.17, 15) is 4.79 Å². The highest BCUT2D eigenvalue weighted by Gasteiger charge is 2.16. The van der Waals surface area contributed by atoms with Crippen molar-refractivity contribution >= 4 is 40.4 Å². The molecule has 1 fully saturated rings. The Labute approximate surface area is 99.9 Å². The molecule has 0 amide bonds. The normalized spacial score (nSPS) is 17.2. The average Bonchev–Trinajstić information content (AvgIpc) is 2.15. The van der Waals surface area contributed by atoms with E-state index in [2.05, 4.69) is 6.58 Å². The molecule has 1 nitrogen and oxygen atoms in total. The van der Waals surface area contributed by atoms with Crippen LogP contribution >= 0.6 is 35.3 Å². The van der Waals surface area contributed by atoms with Crippen LogP contribution in [0, 0.1) is 0 Å².